The van der Waals surface area contributed by atoms with Crippen molar-refractivity contribution in [2.24, 2.45) is 0 Å². The van der Waals surface area contributed by atoms with Crippen LogP contribution in [0.3, 0.4) is 0 Å². The Balaban J connectivity index is 1.01. The molecule has 5 aromatic heterocycles. The zero-order valence-corrected chi connectivity index (χ0v) is 39.1. The van der Waals surface area contributed by atoms with Crippen molar-refractivity contribution < 1.29 is 8.83 Å². The third-order valence-electron chi connectivity index (χ3n) is 14.6. The first-order chi connectivity index (χ1) is 35.7. The molecule has 334 valence electrons. The Hall–Kier alpha value is -9.43. The Morgan fingerprint density at radius 2 is 0.889 bits per heavy atom. The van der Waals surface area contributed by atoms with Crippen LogP contribution in [0.4, 0.5) is 0 Å². The summed E-state index contributed by atoms with van der Waals surface area (Å²) in [5.41, 5.74) is 11.2. The maximum absolute atomic E-state index is 6.45. The number of aromatic nitrogens is 4. The Bertz CT molecular complexity index is 4830. The third kappa shape index (κ3) is 5.80. The molecule has 0 aliphatic heterocycles. The Labute approximate surface area is 414 Å². The van der Waals surface area contributed by atoms with Gasteiger partial charge in [0.15, 0.2) is 17.5 Å². The first-order valence-corrected chi connectivity index (χ1v) is 25.0. The van der Waals surface area contributed by atoms with E-state index in [1.54, 1.807) is 0 Å². The van der Waals surface area contributed by atoms with Gasteiger partial charge in [-0.15, -0.1) is 11.3 Å². The lowest BCUT2D eigenvalue weighted by molar-refractivity contribution is 0.668. The van der Waals surface area contributed by atoms with E-state index in [0.717, 1.165) is 88.4 Å². The molecule has 0 aliphatic rings. The maximum Gasteiger partial charge on any atom is 0.164 e. The standard InChI is InChI=1S/C65H36N4O2S/c1-2-15-39-35-53-51(33-38(39)14-1)60-42-16-4-3-13-37(42)27-31-52(60)69(53)41-29-30-44(49(36-41)40-28-32-59-50(34-40)43-17-7-10-26-58(43)72-59)63-66-64(47-20-11-24-56-61(47)45-18-5-8-22-54(45)70-56)68-65(67-63)48-21-12-25-57-62(48)46-19-6-9-23-55(46)71-57/h1-36H. The molecule has 0 fully saturated rings. The fraction of sp³-hybridized carbons (Fsp3) is 0. The minimum absolute atomic E-state index is 0.549. The lowest BCUT2D eigenvalue weighted by Gasteiger charge is -2.16. The first kappa shape index (κ1) is 39.4. The van der Waals surface area contributed by atoms with E-state index in [1.165, 1.54) is 52.5 Å². The van der Waals surface area contributed by atoms with Crippen LogP contribution in [0.1, 0.15) is 0 Å². The average molecular weight is 937 g/mol. The fourth-order valence-electron chi connectivity index (χ4n) is 11.4. The molecule has 7 heteroatoms. The Kier molecular flexibility index (Phi) is 8.23. The summed E-state index contributed by atoms with van der Waals surface area (Å²) in [6, 6.07) is 77.6. The molecule has 0 unspecified atom stereocenters. The van der Waals surface area contributed by atoms with E-state index in [1.807, 2.05) is 72.0 Å². The smallest absolute Gasteiger partial charge is 0.164 e. The third-order valence-corrected chi connectivity index (χ3v) is 15.8. The van der Waals surface area contributed by atoms with Gasteiger partial charge in [-0.2, -0.15) is 0 Å². The van der Waals surface area contributed by atoms with Crippen molar-refractivity contribution in [2.75, 3.05) is 0 Å². The van der Waals surface area contributed by atoms with Gasteiger partial charge in [0, 0.05) is 74.9 Å². The van der Waals surface area contributed by atoms with Crippen LogP contribution >= 0.6 is 11.3 Å². The molecule has 5 heterocycles. The molecule has 6 nitrogen and oxygen atoms in total. The molecule has 0 aliphatic carbocycles. The summed E-state index contributed by atoms with van der Waals surface area (Å²) in [6.45, 7) is 0. The number of benzene rings is 11. The summed E-state index contributed by atoms with van der Waals surface area (Å²) < 4.78 is 17.8. The Morgan fingerprint density at radius 3 is 1.60 bits per heavy atom. The number of hydrogen-bond acceptors (Lipinski definition) is 6. The van der Waals surface area contributed by atoms with Crippen LogP contribution in [-0.2, 0) is 0 Å². The van der Waals surface area contributed by atoms with Gasteiger partial charge in [-0.25, -0.2) is 15.0 Å². The SMILES string of the molecule is c1ccc2cc3c(cc2c1)c1c2ccccc2ccc1n3-c1ccc(-c2nc(-c3cccc4oc5ccccc5c34)nc(-c3cccc4oc5ccccc5c34)n2)c(-c2ccc3sc4ccccc4c3c2)c1. The second kappa shape index (κ2) is 15.0. The topological polar surface area (TPSA) is 69.9 Å². The lowest BCUT2D eigenvalue weighted by atomic mass is 9.96. The van der Waals surface area contributed by atoms with E-state index in [4.69, 9.17) is 23.8 Å². The van der Waals surface area contributed by atoms with Crippen LogP contribution < -0.4 is 0 Å². The zero-order chi connectivity index (χ0) is 47.0. The van der Waals surface area contributed by atoms with Crippen LogP contribution in [0.25, 0.3) is 158 Å². The van der Waals surface area contributed by atoms with Crippen molar-refractivity contribution in [1.29, 1.82) is 0 Å². The number of para-hydroxylation sites is 2. The molecule has 0 N–H and O–H groups in total. The molecule has 0 saturated heterocycles. The van der Waals surface area contributed by atoms with Crippen molar-refractivity contribution in [2.45, 2.75) is 0 Å². The molecule has 0 spiro atoms. The van der Waals surface area contributed by atoms with Gasteiger partial charge in [0.1, 0.15) is 22.3 Å². The second-order valence-corrected chi connectivity index (χ2v) is 19.7. The molecule has 0 amide bonds. The van der Waals surface area contributed by atoms with E-state index in [0.29, 0.717) is 17.5 Å². The van der Waals surface area contributed by atoms with Gasteiger partial charge in [0.2, 0.25) is 0 Å². The molecule has 72 heavy (non-hydrogen) atoms. The van der Waals surface area contributed by atoms with Crippen LogP contribution in [0.15, 0.2) is 227 Å². The molecule has 16 rings (SSSR count). The molecular weight excluding hydrogens is 901 g/mol. The van der Waals surface area contributed by atoms with Crippen LogP contribution in [0, 0.1) is 0 Å². The van der Waals surface area contributed by atoms with Crippen molar-refractivity contribution >= 4 is 119 Å². The van der Waals surface area contributed by atoms with Gasteiger partial charge in [0.05, 0.1) is 11.0 Å². The van der Waals surface area contributed by atoms with Crippen molar-refractivity contribution in [3.05, 3.63) is 218 Å². The second-order valence-electron chi connectivity index (χ2n) is 18.6. The largest absolute Gasteiger partial charge is 0.456 e. The van der Waals surface area contributed by atoms with Gasteiger partial charge in [-0.05, 0) is 112 Å². The minimum atomic E-state index is 0.549. The van der Waals surface area contributed by atoms with Gasteiger partial charge in [0.25, 0.3) is 0 Å². The first-order valence-electron chi connectivity index (χ1n) is 24.2. The number of rotatable bonds is 5. The van der Waals surface area contributed by atoms with Gasteiger partial charge in [-0.1, -0.05) is 140 Å². The predicted molar refractivity (Wildman–Crippen MR) is 298 cm³/mol. The van der Waals surface area contributed by atoms with E-state index in [9.17, 15) is 0 Å². The highest BCUT2D eigenvalue weighted by Gasteiger charge is 2.24. The van der Waals surface area contributed by atoms with Crippen molar-refractivity contribution in [1.82, 2.24) is 19.5 Å². The van der Waals surface area contributed by atoms with Crippen molar-refractivity contribution in [3.63, 3.8) is 0 Å². The van der Waals surface area contributed by atoms with E-state index >= 15 is 0 Å². The van der Waals surface area contributed by atoms with E-state index in [-0.39, 0.29) is 0 Å². The van der Waals surface area contributed by atoms with Gasteiger partial charge in [-0.3, -0.25) is 0 Å². The molecule has 0 bridgehead atoms. The molecular formula is C65H36N4O2S. The van der Waals surface area contributed by atoms with E-state index in [2.05, 4.69) is 162 Å². The molecule has 0 saturated carbocycles. The summed E-state index contributed by atoms with van der Waals surface area (Å²) in [6.07, 6.45) is 0. The number of nitrogens with zero attached hydrogens (tertiary/aromatic N) is 4. The van der Waals surface area contributed by atoms with Gasteiger partial charge < -0.3 is 13.4 Å². The molecule has 0 atom stereocenters. The summed E-state index contributed by atoms with van der Waals surface area (Å²) in [7, 11) is 0. The highest BCUT2D eigenvalue weighted by atomic mass is 32.1. The normalized spacial score (nSPS) is 12.2. The quantitative estimate of drug-likeness (QED) is 0.172. The summed E-state index contributed by atoms with van der Waals surface area (Å²) in [5.74, 6) is 1.65. The monoisotopic (exact) mass is 936 g/mol. The fourth-order valence-corrected chi connectivity index (χ4v) is 12.5. The minimum Gasteiger partial charge on any atom is -0.456 e. The van der Waals surface area contributed by atoms with Crippen LogP contribution in [0.2, 0.25) is 0 Å². The zero-order valence-electron chi connectivity index (χ0n) is 38.3. The van der Waals surface area contributed by atoms with Gasteiger partial charge >= 0.3 is 0 Å². The maximum atomic E-state index is 6.45. The van der Waals surface area contributed by atoms with Crippen LogP contribution in [0.5, 0.6) is 0 Å². The molecule has 11 aromatic carbocycles. The number of fused-ring (bicyclic) bond motifs is 15. The highest BCUT2D eigenvalue weighted by Crippen LogP contribution is 2.45. The summed E-state index contributed by atoms with van der Waals surface area (Å²) >= 11 is 1.82. The number of furan rings is 2. The molecule has 0 radical (unpaired) electrons. The molecule has 16 aromatic rings. The average Bonchev–Trinajstić information content (AvgIpc) is 4.21. The number of thiophene rings is 1. The predicted octanol–water partition coefficient (Wildman–Crippen LogP) is 18.1. The summed E-state index contributed by atoms with van der Waals surface area (Å²) in [5, 5.41) is 13.7. The van der Waals surface area contributed by atoms with E-state index < -0.39 is 0 Å². The van der Waals surface area contributed by atoms with Crippen LogP contribution in [-0.4, -0.2) is 19.5 Å². The highest BCUT2D eigenvalue weighted by molar-refractivity contribution is 7.25. The lowest BCUT2D eigenvalue weighted by Crippen LogP contribution is -2.02. The summed E-state index contributed by atoms with van der Waals surface area (Å²) in [4.78, 5) is 16.5. The number of hydrogen-bond donors (Lipinski definition) is 0. The Morgan fingerprint density at radius 1 is 0.319 bits per heavy atom. The van der Waals surface area contributed by atoms with Crippen molar-refractivity contribution in [3.8, 4) is 51.0 Å².